The summed E-state index contributed by atoms with van der Waals surface area (Å²) < 4.78 is 6.28. The summed E-state index contributed by atoms with van der Waals surface area (Å²) in [7, 11) is 1.67. The molecule has 0 radical (unpaired) electrons. The molecular formula is C9H9ClN4O2. The van der Waals surface area contributed by atoms with Gasteiger partial charge < -0.3 is 15.5 Å². The number of furan rings is 1. The number of rotatable bonds is 2. The minimum atomic E-state index is -0.394. The SMILES string of the molecule is Cn1ncc(N)c1NC(=O)c1ccoc1Cl. The highest BCUT2D eigenvalue weighted by Crippen LogP contribution is 2.20. The number of amides is 1. The number of hydrogen-bond acceptors (Lipinski definition) is 4. The van der Waals surface area contributed by atoms with Crippen molar-refractivity contribution in [3.8, 4) is 0 Å². The van der Waals surface area contributed by atoms with Gasteiger partial charge in [0, 0.05) is 7.05 Å². The van der Waals surface area contributed by atoms with E-state index in [0.29, 0.717) is 11.5 Å². The van der Waals surface area contributed by atoms with Crippen molar-refractivity contribution in [3.63, 3.8) is 0 Å². The van der Waals surface area contributed by atoms with Gasteiger partial charge >= 0.3 is 0 Å². The van der Waals surface area contributed by atoms with E-state index in [1.807, 2.05) is 0 Å². The minimum absolute atomic E-state index is 0.0400. The van der Waals surface area contributed by atoms with Gasteiger partial charge in [0.25, 0.3) is 5.91 Å². The highest BCUT2D eigenvalue weighted by Gasteiger charge is 2.15. The van der Waals surface area contributed by atoms with Crippen molar-refractivity contribution in [3.05, 3.63) is 29.3 Å². The van der Waals surface area contributed by atoms with Gasteiger partial charge in [-0.3, -0.25) is 9.48 Å². The molecule has 0 unspecified atom stereocenters. The second-order valence-electron chi connectivity index (χ2n) is 3.13. The van der Waals surface area contributed by atoms with Crippen LogP contribution in [0.3, 0.4) is 0 Å². The third-order valence-corrected chi connectivity index (χ3v) is 2.35. The Morgan fingerprint density at radius 1 is 1.69 bits per heavy atom. The van der Waals surface area contributed by atoms with Crippen LogP contribution in [0.15, 0.2) is 22.9 Å². The first-order valence-corrected chi connectivity index (χ1v) is 4.79. The lowest BCUT2D eigenvalue weighted by Gasteiger charge is -2.04. The van der Waals surface area contributed by atoms with Crippen LogP contribution < -0.4 is 11.1 Å². The Balaban J connectivity index is 2.24. The van der Waals surface area contributed by atoms with E-state index < -0.39 is 5.91 Å². The zero-order valence-corrected chi connectivity index (χ0v) is 9.15. The monoisotopic (exact) mass is 240 g/mol. The molecule has 0 saturated carbocycles. The maximum atomic E-state index is 11.7. The van der Waals surface area contributed by atoms with E-state index >= 15 is 0 Å². The number of aromatic nitrogens is 2. The zero-order valence-electron chi connectivity index (χ0n) is 8.40. The Morgan fingerprint density at radius 2 is 2.44 bits per heavy atom. The van der Waals surface area contributed by atoms with Crippen LogP contribution in [0.25, 0.3) is 0 Å². The number of aryl methyl sites for hydroxylation is 1. The van der Waals surface area contributed by atoms with Gasteiger partial charge in [-0.1, -0.05) is 0 Å². The normalized spacial score (nSPS) is 10.4. The lowest BCUT2D eigenvalue weighted by molar-refractivity contribution is 0.102. The average Bonchev–Trinajstić information content (AvgIpc) is 2.79. The van der Waals surface area contributed by atoms with Crippen LogP contribution >= 0.6 is 11.6 Å². The van der Waals surface area contributed by atoms with E-state index in [2.05, 4.69) is 10.4 Å². The van der Waals surface area contributed by atoms with E-state index in [0.717, 1.165) is 0 Å². The van der Waals surface area contributed by atoms with Crippen LogP contribution in [0.4, 0.5) is 11.5 Å². The molecule has 0 aliphatic heterocycles. The second kappa shape index (κ2) is 3.90. The van der Waals surface area contributed by atoms with Crippen molar-refractivity contribution in [2.24, 2.45) is 7.05 Å². The summed E-state index contributed by atoms with van der Waals surface area (Å²) in [4.78, 5) is 11.7. The van der Waals surface area contributed by atoms with E-state index in [9.17, 15) is 4.79 Å². The molecule has 2 heterocycles. The number of anilines is 2. The van der Waals surface area contributed by atoms with E-state index in [1.165, 1.54) is 23.2 Å². The van der Waals surface area contributed by atoms with Crippen molar-refractivity contribution in [1.82, 2.24) is 9.78 Å². The first kappa shape index (κ1) is 10.6. The smallest absolute Gasteiger partial charge is 0.261 e. The summed E-state index contributed by atoms with van der Waals surface area (Å²) in [5.74, 6) is 0.0244. The highest BCUT2D eigenvalue weighted by atomic mass is 35.5. The van der Waals surface area contributed by atoms with Crippen molar-refractivity contribution in [2.75, 3.05) is 11.1 Å². The van der Waals surface area contributed by atoms with Gasteiger partial charge in [0.2, 0.25) is 5.22 Å². The van der Waals surface area contributed by atoms with Gasteiger partial charge in [-0.2, -0.15) is 5.10 Å². The molecule has 0 saturated heterocycles. The molecule has 0 aromatic carbocycles. The molecule has 16 heavy (non-hydrogen) atoms. The van der Waals surface area contributed by atoms with Crippen LogP contribution in [0.5, 0.6) is 0 Å². The molecule has 84 valence electrons. The summed E-state index contributed by atoms with van der Waals surface area (Å²) in [6.07, 6.45) is 2.79. The predicted octanol–water partition coefficient (Wildman–Crippen LogP) is 1.50. The Bertz CT molecular complexity index is 512. The highest BCUT2D eigenvalue weighted by molar-refractivity contribution is 6.32. The third kappa shape index (κ3) is 1.74. The second-order valence-corrected chi connectivity index (χ2v) is 3.48. The van der Waals surface area contributed by atoms with Gasteiger partial charge in [-0.05, 0) is 17.7 Å². The van der Waals surface area contributed by atoms with E-state index in [-0.39, 0.29) is 10.8 Å². The number of halogens is 1. The number of hydrogen-bond donors (Lipinski definition) is 2. The first-order valence-electron chi connectivity index (χ1n) is 4.41. The molecule has 0 atom stereocenters. The number of nitrogen functional groups attached to an aromatic ring is 1. The van der Waals surface area contributed by atoms with Crippen LogP contribution in [0.2, 0.25) is 5.22 Å². The van der Waals surface area contributed by atoms with Crippen molar-refractivity contribution < 1.29 is 9.21 Å². The quantitative estimate of drug-likeness (QED) is 0.833. The minimum Gasteiger partial charge on any atom is -0.452 e. The van der Waals surface area contributed by atoms with Crippen LogP contribution in [-0.4, -0.2) is 15.7 Å². The summed E-state index contributed by atoms with van der Waals surface area (Å²) in [5.41, 5.74) is 6.26. The Kier molecular flexibility index (Phi) is 2.57. The zero-order chi connectivity index (χ0) is 11.7. The maximum Gasteiger partial charge on any atom is 0.261 e. The molecular weight excluding hydrogens is 232 g/mol. The molecule has 7 heteroatoms. The Hall–Kier alpha value is -1.95. The molecule has 3 N–H and O–H groups in total. The van der Waals surface area contributed by atoms with E-state index in [4.69, 9.17) is 21.8 Å². The topological polar surface area (TPSA) is 86.1 Å². The molecule has 2 aromatic rings. The molecule has 2 rings (SSSR count). The Labute approximate surface area is 96.0 Å². The van der Waals surface area contributed by atoms with Crippen LogP contribution in [0, 0.1) is 0 Å². The van der Waals surface area contributed by atoms with Crippen molar-refractivity contribution in [1.29, 1.82) is 0 Å². The molecule has 1 amide bonds. The number of carbonyl (C=O) groups is 1. The van der Waals surface area contributed by atoms with Gasteiger partial charge in [0.05, 0.1) is 23.7 Å². The molecule has 0 fully saturated rings. The lowest BCUT2D eigenvalue weighted by Crippen LogP contribution is -2.15. The number of nitrogens with zero attached hydrogens (tertiary/aromatic N) is 2. The fourth-order valence-electron chi connectivity index (χ4n) is 1.24. The average molecular weight is 241 g/mol. The van der Waals surface area contributed by atoms with Gasteiger partial charge in [0.1, 0.15) is 0 Å². The number of nitrogens with one attached hydrogen (secondary N) is 1. The van der Waals surface area contributed by atoms with Crippen molar-refractivity contribution in [2.45, 2.75) is 0 Å². The fraction of sp³-hybridized carbons (Fsp3) is 0.111. The third-order valence-electron chi connectivity index (χ3n) is 2.06. The number of nitrogens with two attached hydrogens (primary N) is 1. The maximum absolute atomic E-state index is 11.7. The predicted molar refractivity (Wildman–Crippen MR) is 59.3 cm³/mol. The molecule has 2 aromatic heterocycles. The first-order chi connectivity index (χ1) is 7.59. The summed E-state index contributed by atoms with van der Waals surface area (Å²) in [5, 5.41) is 6.53. The van der Waals surface area contributed by atoms with Gasteiger partial charge in [-0.25, -0.2) is 0 Å². The molecule has 6 nitrogen and oxygen atoms in total. The molecule has 0 spiro atoms. The van der Waals surface area contributed by atoms with Crippen LogP contribution in [-0.2, 0) is 7.05 Å². The molecule has 0 bridgehead atoms. The lowest BCUT2D eigenvalue weighted by atomic mass is 10.3. The van der Waals surface area contributed by atoms with Gasteiger partial charge in [0.15, 0.2) is 5.82 Å². The molecule has 0 aliphatic carbocycles. The summed E-state index contributed by atoms with van der Waals surface area (Å²) >= 11 is 5.67. The summed E-state index contributed by atoms with van der Waals surface area (Å²) in [6, 6.07) is 1.48. The van der Waals surface area contributed by atoms with E-state index in [1.54, 1.807) is 7.05 Å². The molecule has 0 aliphatic rings. The summed E-state index contributed by atoms with van der Waals surface area (Å²) in [6.45, 7) is 0. The number of carbonyl (C=O) groups excluding carboxylic acids is 1. The van der Waals surface area contributed by atoms with Gasteiger partial charge in [-0.15, -0.1) is 0 Å². The largest absolute Gasteiger partial charge is 0.452 e. The van der Waals surface area contributed by atoms with Crippen molar-refractivity contribution >= 4 is 29.0 Å². The Morgan fingerprint density at radius 3 is 2.94 bits per heavy atom. The fourth-order valence-corrected chi connectivity index (χ4v) is 1.44. The standard InChI is InChI=1S/C9H9ClN4O2/c1-14-8(6(11)4-12-14)13-9(15)5-2-3-16-7(5)10/h2-4H,11H2,1H3,(H,13,15). The van der Waals surface area contributed by atoms with Crippen LogP contribution in [0.1, 0.15) is 10.4 Å².